The number of rotatable bonds is 2. The molecule has 0 spiro atoms. The van der Waals surface area contributed by atoms with Crippen LogP contribution in [0.15, 0.2) is 67.0 Å². The first-order valence-electron chi connectivity index (χ1n) is 7.04. The molecule has 1 unspecified atom stereocenters. The molecule has 5 heteroatoms. The Kier molecular flexibility index (Phi) is 2.89. The fourth-order valence-corrected chi connectivity index (χ4v) is 2.68. The topological polar surface area (TPSA) is 63.0 Å². The molecule has 108 valence electrons. The van der Waals surface area contributed by atoms with Crippen molar-refractivity contribution in [3.05, 3.63) is 78.1 Å². The molecular formula is C17H14N4O. The molecule has 1 aromatic heterocycles. The lowest BCUT2D eigenvalue weighted by Crippen LogP contribution is -2.20. The van der Waals surface area contributed by atoms with E-state index in [4.69, 9.17) is 0 Å². The largest absolute Gasteiger partial charge is 0.508 e. The van der Waals surface area contributed by atoms with Crippen molar-refractivity contribution in [2.24, 2.45) is 0 Å². The Labute approximate surface area is 127 Å². The Morgan fingerprint density at radius 1 is 1.00 bits per heavy atom. The molecule has 5 nitrogen and oxygen atoms in total. The highest BCUT2D eigenvalue weighted by Crippen LogP contribution is 2.35. The Balaban J connectivity index is 1.86. The lowest BCUT2D eigenvalue weighted by Gasteiger charge is -2.24. The van der Waals surface area contributed by atoms with Crippen LogP contribution < -0.4 is 5.32 Å². The second-order valence-electron chi connectivity index (χ2n) is 5.10. The molecule has 0 bridgehead atoms. The van der Waals surface area contributed by atoms with E-state index >= 15 is 0 Å². The van der Waals surface area contributed by atoms with E-state index in [-0.39, 0.29) is 11.8 Å². The van der Waals surface area contributed by atoms with E-state index in [1.807, 2.05) is 54.6 Å². The minimum absolute atomic E-state index is 0.199. The average molecular weight is 290 g/mol. The van der Waals surface area contributed by atoms with E-state index in [1.165, 1.54) is 6.33 Å². The maximum atomic E-state index is 10.2. The normalized spacial score (nSPS) is 16.5. The van der Waals surface area contributed by atoms with Crippen molar-refractivity contribution < 1.29 is 5.11 Å². The molecule has 3 aromatic rings. The van der Waals surface area contributed by atoms with Gasteiger partial charge in [0, 0.05) is 11.3 Å². The van der Waals surface area contributed by atoms with Gasteiger partial charge in [-0.1, -0.05) is 48.5 Å². The third-order valence-corrected chi connectivity index (χ3v) is 3.75. The lowest BCUT2D eigenvalue weighted by atomic mass is 10.0. The summed E-state index contributed by atoms with van der Waals surface area (Å²) in [7, 11) is 0. The lowest BCUT2D eigenvalue weighted by molar-refractivity contribution is 0.457. The number of aromatic hydroxyl groups is 1. The molecule has 0 aliphatic carbocycles. The number of anilines is 1. The zero-order valence-corrected chi connectivity index (χ0v) is 11.7. The van der Waals surface area contributed by atoms with Gasteiger partial charge in [0.05, 0.1) is 0 Å². The Morgan fingerprint density at radius 2 is 1.77 bits per heavy atom. The summed E-state index contributed by atoms with van der Waals surface area (Å²) in [6, 6.07) is 17.1. The molecule has 0 saturated heterocycles. The summed E-state index contributed by atoms with van der Waals surface area (Å²) >= 11 is 0. The molecule has 1 aliphatic rings. The molecule has 2 N–H and O–H groups in total. The average Bonchev–Trinajstić information content (AvgIpc) is 3.04. The van der Waals surface area contributed by atoms with Crippen molar-refractivity contribution in [3.63, 3.8) is 0 Å². The number of aromatic nitrogens is 3. The van der Waals surface area contributed by atoms with Crippen molar-refractivity contribution in [1.29, 1.82) is 0 Å². The third-order valence-electron chi connectivity index (χ3n) is 3.75. The predicted molar refractivity (Wildman–Crippen MR) is 84.3 cm³/mol. The fraction of sp³-hybridized carbons (Fsp3) is 0.0588. The van der Waals surface area contributed by atoms with Crippen LogP contribution in [0.3, 0.4) is 0 Å². The van der Waals surface area contributed by atoms with Gasteiger partial charge in [-0.15, -0.1) is 0 Å². The molecule has 1 atom stereocenters. The van der Waals surface area contributed by atoms with Gasteiger partial charge in [0.25, 0.3) is 0 Å². The Morgan fingerprint density at radius 3 is 2.59 bits per heavy atom. The van der Waals surface area contributed by atoms with Crippen LogP contribution in [0, 0.1) is 0 Å². The number of phenols is 1. The minimum Gasteiger partial charge on any atom is -0.508 e. The van der Waals surface area contributed by atoms with Crippen LogP contribution in [0.5, 0.6) is 5.75 Å². The van der Waals surface area contributed by atoms with Gasteiger partial charge in [-0.05, 0) is 17.7 Å². The Hall–Kier alpha value is -3.08. The maximum absolute atomic E-state index is 10.2. The molecule has 0 amide bonds. The minimum atomic E-state index is -0.199. The smallest absolute Gasteiger partial charge is 0.226 e. The third kappa shape index (κ3) is 2.03. The molecule has 2 aromatic carbocycles. The highest BCUT2D eigenvalue weighted by Gasteiger charge is 2.24. The molecule has 4 rings (SSSR count). The number of phenolic OH excluding ortho intramolecular Hbond substituents is 1. The number of nitrogens with zero attached hydrogens (tertiary/aromatic N) is 3. The standard InChI is InChI=1S/C17H14N4O/c22-16-9-5-4-8-13(16)15-10-14(12-6-2-1-3-7-12)20-17-18-11-19-21(15)17/h1-11,15,22H,(H,18,19,20). The van der Waals surface area contributed by atoms with Gasteiger partial charge in [-0.2, -0.15) is 10.1 Å². The van der Waals surface area contributed by atoms with Crippen LogP contribution in [0.2, 0.25) is 0 Å². The van der Waals surface area contributed by atoms with Gasteiger partial charge in [-0.3, -0.25) is 0 Å². The first-order valence-corrected chi connectivity index (χ1v) is 7.04. The number of allylic oxidation sites excluding steroid dienone is 1. The summed E-state index contributed by atoms with van der Waals surface area (Å²) in [5.41, 5.74) is 2.82. The zero-order chi connectivity index (χ0) is 14.9. The van der Waals surface area contributed by atoms with Gasteiger partial charge in [-0.25, -0.2) is 4.68 Å². The summed E-state index contributed by atoms with van der Waals surface area (Å²) < 4.78 is 1.77. The molecule has 0 fully saturated rings. The first-order chi connectivity index (χ1) is 10.8. The highest BCUT2D eigenvalue weighted by molar-refractivity contribution is 5.77. The quantitative estimate of drug-likeness (QED) is 0.761. The van der Waals surface area contributed by atoms with Crippen LogP contribution in [-0.2, 0) is 0 Å². The van der Waals surface area contributed by atoms with Crippen molar-refractivity contribution in [2.45, 2.75) is 6.04 Å². The van der Waals surface area contributed by atoms with Gasteiger partial charge < -0.3 is 10.4 Å². The second kappa shape index (κ2) is 5.04. The summed E-state index contributed by atoms with van der Waals surface area (Å²) in [6.45, 7) is 0. The second-order valence-corrected chi connectivity index (χ2v) is 5.10. The zero-order valence-electron chi connectivity index (χ0n) is 11.7. The molecule has 22 heavy (non-hydrogen) atoms. The first kappa shape index (κ1) is 12.6. The van der Waals surface area contributed by atoms with E-state index < -0.39 is 0 Å². The number of hydrogen-bond donors (Lipinski definition) is 2. The van der Waals surface area contributed by atoms with E-state index in [0.717, 1.165) is 16.8 Å². The van der Waals surface area contributed by atoms with Crippen LogP contribution in [0.1, 0.15) is 17.2 Å². The van der Waals surface area contributed by atoms with E-state index in [2.05, 4.69) is 15.4 Å². The molecular weight excluding hydrogens is 276 g/mol. The number of benzene rings is 2. The predicted octanol–water partition coefficient (Wildman–Crippen LogP) is 3.04. The van der Waals surface area contributed by atoms with Gasteiger partial charge in [0.1, 0.15) is 18.1 Å². The van der Waals surface area contributed by atoms with E-state index in [1.54, 1.807) is 10.7 Å². The van der Waals surface area contributed by atoms with E-state index in [0.29, 0.717) is 5.95 Å². The molecule has 0 saturated carbocycles. The number of para-hydroxylation sites is 1. The van der Waals surface area contributed by atoms with Crippen molar-refractivity contribution in [2.75, 3.05) is 5.32 Å². The molecule has 1 aliphatic heterocycles. The van der Waals surface area contributed by atoms with Crippen LogP contribution in [0.4, 0.5) is 5.95 Å². The number of nitrogens with one attached hydrogen (secondary N) is 1. The highest BCUT2D eigenvalue weighted by atomic mass is 16.3. The number of hydrogen-bond acceptors (Lipinski definition) is 4. The van der Waals surface area contributed by atoms with Crippen LogP contribution >= 0.6 is 0 Å². The van der Waals surface area contributed by atoms with Gasteiger partial charge in [0.15, 0.2) is 0 Å². The van der Waals surface area contributed by atoms with Crippen molar-refractivity contribution in [3.8, 4) is 5.75 Å². The Bertz CT molecular complexity index is 839. The van der Waals surface area contributed by atoms with Crippen molar-refractivity contribution >= 4 is 11.6 Å². The summed E-state index contributed by atoms with van der Waals surface area (Å²) in [6.07, 6.45) is 3.56. The molecule has 0 radical (unpaired) electrons. The van der Waals surface area contributed by atoms with Gasteiger partial charge >= 0.3 is 0 Å². The number of fused-ring (bicyclic) bond motifs is 1. The van der Waals surface area contributed by atoms with Crippen LogP contribution in [0.25, 0.3) is 5.70 Å². The summed E-state index contributed by atoms with van der Waals surface area (Å²) in [4.78, 5) is 4.26. The summed E-state index contributed by atoms with van der Waals surface area (Å²) in [5.74, 6) is 0.911. The SMILES string of the molecule is Oc1ccccc1C1C=C(c2ccccc2)Nc2ncnn21. The van der Waals surface area contributed by atoms with Gasteiger partial charge in [0.2, 0.25) is 5.95 Å². The monoisotopic (exact) mass is 290 g/mol. The van der Waals surface area contributed by atoms with E-state index in [9.17, 15) is 5.11 Å². The van der Waals surface area contributed by atoms with Crippen LogP contribution in [-0.4, -0.2) is 19.9 Å². The van der Waals surface area contributed by atoms with Crippen molar-refractivity contribution in [1.82, 2.24) is 14.8 Å². The molecule has 2 heterocycles. The summed E-state index contributed by atoms with van der Waals surface area (Å²) in [5, 5.41) is 17.7. The maximum Gasteiger partial charge on any atom is 0.226 e. The fourth-order valence-electron chi connectivity index (χ4n) is 2.68.